The van der Waals surface area contributed by atoms with E-state index in [1.807, 2.05) is 23.7 Å². The van der Waals surface area contributed by atoms with Gasteiger partial charge in [-0.2, -0.15) is 5.10 Å². The lowest BCUT2D eigenvalue weighted by Gasteiger charge is -2.08. The van der Waals surface area contributed by atoms with Gasteiger partial charge >= 0.3 is 0 Å². The van der Waals surface area contributed by atoms with E-state index in [2.05, 4.69) is 34.2 Å². The predicted molar refractivity (Wildman–Crippen MR) is 72.4 cm³/mol. The van der Waals surface area contributed by atoms with E-state index in [1.54, 1.807) is 6.20 Å². The minimum atomic E-state index is 0.690. The van der Waals surface area contributed by atoms with Crippen LogP contribution in [0.3, 0.4) is 0 Å². The van der Waals surface area contributed by atoms with E-state index in [9.17, 15) is 0 Å². The van der Waals surface area contributed by atoms with Gasteiger partial charge in [-0.15, -0.1) is 0 Å². The molecule has 2 aromatic rings. The van der Waals surface area contributed by atoms with Crippen molar-refractivity contribution < 1.29 is 0 Å². The number of anilines is 1. The van der Waals surface area contributed by atoms with Crippen molar-refractivity contribution in [2.45, 2.75) is 33.7 Å². The van der Waals surface area contributed by atoms with E-state index in [1.165, 1.54) is 0 Å². The molecule has 0 amide bonds. The van der Waals surface area contributed by atoms with E-state index < -0.39 is 0 Å². The maximum absolute atomic E-state index is 4.54. The van der Waals surface area contributed by atoms with Crippen molar-refractivity contribution in [1.29, 1.82) is 0 Å². The van der Waals surface area contributed by atoms with Crippen LogP contribution in [0.15, 0.2) is 18.3 Å². The molecule has 0 aliphatic heterocycles. The van der Waals surface area contributed by atoms with Crippen LogP contribution >= 0.6 is 0 Å². The maximum atomic E-state index is 4.54. The molecule has 0 saturated carbocycles. The first-order chi connectivity index (χ1) is 8.74. The fourth-order valence-corrected chi connectivity index (χ4v) is 1.82. The summed E-state index contributed by atoms with van der Waals surface area (Å²) in [5.74, 6) is 0.690. The molecule has 1 N–H and O–H groups in total. The highest BCUT2D eigenvalue weighted by molar-refractivity contribution is 5.56. The Hall–Kier alpha value is -1.91. The molecule has 0 aliphatic rings. The Bertz CT molecular complexity index is 518. The topological polar surface area (TPSA) is 55.6 Å². The Kier molecular flexibility index (Phi) is 3.92. The third kappa shape index (κ3) is 2.67. The predicted octanol–water partition coefficient (Wildman–Crippen LogP) is 2.49. The Morgan fingerprint density at radius 1 is 1.28 bits per heavy atom. The standard InChI is InChI=1S/C13H19N5/c1-4-7-14-13-16-10(3)9-11(17-13)12-6-8-15-18(12)5-2/h6,8-9H,4-5,7H2,1-3H3,(H,14,16,17). The van der Waals surface area contributed by atoms with Crippen LogP contribution in [0.5, 0.6) is 0 Å². The normalized spacial score (nSPS) is 10.6. The molecule has 96 valence electrons. The van der Waals surface area contributed by atoms with Gasteiger partial charge in [-0.1, -0.05) is 6.92 Å². The van der Waals surface area contributed by atoms with Gasteiger partial charge in [-0.05, 0) is 32.4 Å². The minimum absolute atomic E-state index is 0.690. The molecule has 0 spiro atoms. The Labute approximate surface area is 107 Å². The molecular weight excluding hydrogens is 226 g/mol. The summed E-state index contributed by atoms with van der Waals surface area (Å²) in [6.45, 7) is 7.89. The molecule has 0 unspecified atom stereocenters. The van der Waals surface area contributed by atoms with Gasteiger partial charge in [0.15, 0.2) is 0 Å². The molecular formula is C13H19N5. The molecule has 0 atom stereocenters. The van der Waals surface area contributed by atoms with Crippen molar-refractivity contribution >= 4 is 5.95 Å². The average Bonchev–Trinajstić information content (AvgIpc) is 2.84. The van der Waals surface area contributed by atoms with Gasteiger partial charge in [-0.25, -0.2) is 9.97 Å². The number of aromatic nitrogens is 4. The first-order valence-electron chi connectivity index (χ1n) is 6.36. The van der Waals surface area contributed by atoms with Crippen molar-refractivity contribution in [2.75, 3.05) is 11.9 Å². The lowest BCUT2D eigenvalue weighted by Crippen LogP contribution is -2.07. The zero-order chi connectivity index (χ0) is 13.0. The summed E-state index contributed by atoms with van der Waals surface area (Å²) in [5, 5.41) is 7.49. The summed E-state index contributed by atoms with van der Waals surface area (Å²) in [5.41, 5.74) is 2.91. The van der Waals surface area contributed by atoms with Gasteiger partial charge in [0.25, 0.3) is 0 Å². The number of hydrogen-bond acceptors (Lipinski definition) is 4. The monoisotopic (exact) mass is 245 g/mol. The van der Waals surface area contributed by atoms with E-state index >= 15 is 0 Å². The molecule has 0 aliphatic carbocycles. The molecule has 2 heterocycles. The zero-order valence-electron chi connectivity index (χ0n) is 11.1. The highest BCUT2D eigenvalue weighted by atomic mass is 15.3. The minimum Gasteiger partial charge on any atom is -0.354 e. The first kappa shape index (κ1) is 12.5. The average molecular weight is 245 g/mol. The Morgan fingerprint density at radius 3 is 2.83 bits per heavy atom. The third-order valence-electron chi connectivity index (χ3n) is 2.67. The second-order valence-corrected chi connectivity index (χ2v) is 4.18. The fraction of sp³-hybridized carbons (Fsp3) is 0.462. The molecule has 2 rings (SSSR count). The maximum Gasteiger partial charge on any atom is 0.223 e. The highest BCUT2D eigenvalue weighted by Gasteiger charge is 2.08. The lowest BCUT2D eigenvalue weighted by molar-refractivity contribution is 0.665. The molecule has 0 aromatic carbocycles. The van der Waals surface area contributed by atoms with Crippen LogP contribution in [0, 0.1) is 6.92 Å². The lowest BCUT2D eigenvalue weighted by atomic mass is 10.2. The van der Waals surface area contributed by atoms with Crippen LogP contribution in [-0.2, 0) is 6.54 Å². The van der Waals surface area contributed by atoms with Crippen molar-refractivity contribution in [1.82, 2.24) is 19.7 Å². The summed E-state index contributed by atoms with van der Waals surface area (Å²) in [6.07, 6.45) is 2.86. The van der Waals surface area contributed by atoms with E-state index in [0.717, 1.165) is 36.6 Å². The van der Waals surface area contributed by atoms with Crippen LogP contribution in [-0.4, -0.2) is 26.3 Å². The van der Waals surface area contributed by atoms with Crippen LogP contribution in [0.1, 0.15) is 26.0 Å². The second-order valence-electron chi connectivity index (χ2n) is 4.18. The molecule has 18 heavy (non-hydrogen) atoms. The first-order valence-corrected chi connectivity index (χ1v) is 6.36. The number of nitrogens with zero attached hydrogens (tertiary/aromatic N) is 4. The smallest absolute Gasteiger partial charge is 0.223 e. The van der Waals surface area contributed by atoms with E-state index in [4.69, 9.17) is 0 Å². The molecule has 0 saturated heterocycles. The number of aryl methyl sites for hydroxylation is 2. The molecule has 0 radical (unpaired) electrons. The number of hydrogen-bond donors (Lipinski definition) is 1. The van der Waals surface area contributed by atoms with Crippen LogP contribution in [0.25, 0.3) is 11.4 Å². The molecule has 5 nitrogen and oxygen atoms in total. The summed E-state index contributed by atoms with van der Waals surface area (Å²) in [4.78, 5) is 8.92. The van der Waals surface area contributed by atoms with Crippen LogP contribution in [0.4, 0.5) is 5.95 Å². The molecule has 2 aromatic heterocycles. The van der Waals surface area contributed by atoms with E-state index in [0.29, 0.717) is 5.95 Å². The summed E-state index contributed by atoms with van der Waals surface area (Å²) in [6, 6.07) is 3.97. The van der Waals surface area contributed by atoms with Gasteiger partial charge in [0, 0.05) is 25.0 Å². The second kappa shape index (κ2) is 5.62. The summed E-state index contributed by atoms with van der Waals surface area (Å²) < 4.78 is 1.94. The van der Waals surface area contributed by atoms with Gasteiger partial charge in [-0.3, -0.25) is 4.68 Å². The summed E-state index contributed by atoms with van der Waals surface area (Å²) >= 11 is 0. The fourth-order valence-electron chi connectivity index (χ4n) is 1.82. The van der Waals surface area contributed by atoms with Gasteiger partial charge < -0.3 is 5.32 Å². The largest absolute Gasteiger partial charge is 0.354 e. The Balaban J connectivity index is 2.35. The Morgan fingerprint density at radius 2 is 2.11 bits per heavy atom. The number of rotatable bonds is 5. The van der Waals surface area contributed by atoms with Gasteiger partial charge in [0.2, 0.25) is 5.95 Å². The van der Waals surface area contributed by atoms with Crippen molar-refractivity contribution in [3.8, 4) is 11.4 Å². The van der Waals surface area contributed by atoms with Crippen molar-refractivity contribution in [3.05, 3.63) is 24.0 Å². The zero-order valence-corrected chi connectivity index (χ0v) is 11.1. The molecule has 5 heteroatoms. The molecule has 0 fully saturated rings. The van der Waals surface area contributed by atoms with Gasteiger partial charge in [0.05, 0.1) is 11.4 Å². The van der Waals surface area contributed by atoms with E-state index in [-0.39, 0.29) is 0 Å². The quantitative estimate of drug-likeness (QED) is 0.879. The molecule has 0 bridgehead atoms. The van der Waals surface area contributed by atoms with Crippen LogP contribution < -0.4 is 5.32 Å². The van der Waals surface area contributed by atoms with Gasteiger partial charge in [0.1, 0.15) is 0 Å². The number of nitrogens with one attached hydrogen (secondary N) is 1. The third-order valence-corrected chi connectivity index (χ3v) is 2.67. The highest BCUT2D eigenvalue weighted by Crippen LogP contribution is 2.18. The SMILES string of the molecule is CCCNc1nc(C)cc(-c2ccnn2CC)n1. The summed E-state index contributed by atoms with van der Waals surface area (Å²) in [7, 11) is 0. The van der Waals surface area contributed by atoms with Crippen LogP contribution in [0.2, 0.25) is 0 Å². The van der Waals surface area contributed by atoms with Crippen molar-refractivity contribution in [2.24, 2.45) is 0 Å². The van der Waals surface area contributed by atoms with Crippen molar-refractivity contribution in [3.63, 3.8) is 0 Å².